The van der Waals surface area contributed by atoms with Crippen LogP contribution in [-0.4, -0.2) is 11.2 Å². The normalized spacial score (nSPS) is 145. The van der Waals surface area contributed by atoms with E-state index in [1.54, 1.807) is 0 Å². The zero-order valence-electron chi connectivity index (χ0n) is 8.07. The van der Waals surface area contributed by atoms with Crippen molar-refractivity contribution in [3.63, 3.8) is 0 Å². The van der Waals surface area contributed by atoms with Gasteiger partial charge in [-0.2, -0.15) is 0 Å². The van der Waals surface area contributed by atoms with Gasteiger partial charge < -0.3 is 0 Å². The molecule has 0 aromatic carbocycles. The van der Waals surface area contributed by atoms with Crippen LogP contribution < -0.4 is 0 Å². The van der Waals surface area contributed by atoms with Gasteiger partial charge in [0, 0.05) is 0 Å². The first-order chi connectivity index (χ1) is 6.49. The monoisotopic (exact) mass is 366 g/mol. The Hall–Kier alpha value is 0.596. The van der Waals surface area contributed by atoms with E-state index >= 15 is 0 Å². The van der Waals surface area contributed by atoms with Crippen LogP contribution in [-0.2, 0) is 7.88 Å². The number of aliphatic hydroxyl groups is 1. The Morgan fingerprint density at radius 3 is 1.43 bits per heavy atom. The minimum atomic E-state index is -3.25. The average Bonchev–Trinajstić information content (AvgIpc) is 3.13. The Morgan fingerprint density at radius 1 is 0.929 bits per heavy atom. The average molecular weight is 364 g/mol. The van der Waals surface area contributed by atoms with Gasteiger partial charge in [-0.3, -0.25) is 0 Å². The van der Waals surface area contributed by atoms with E-state index in [4.69, 9.17) is 0 Å². The van der Waals surface area contributed by atoms with Crippen LogP contribution in [0.2, 0.25) is 44.2 Å². The first kappa shape index (κ1) is 4.85. The molecule has 0 amide bonds. The fourth-order valence-electron chi connectivity index (χ4n) is 17.5. The van der Waals surface area contributed by atoms with Crippen molar-refractivity contribution in [3.8, 4) is 0 Å². The maximum absolute atomic E-state index is 10.4. The molecule has 0 radical (unpaired) electrons. The van der Waals surface area contributed by atoms with Crippen LogP contribution in [0.15, 0.2) is 0 Å². The molecular formula is C12H14OOs. The van der Waals surface area contributed by atoms with Crippen molar-refractivity contribution in [3.05, 3.63) is 0 Å². The van der Waals surface area contributed by atoms with Gasteiger partial charge in [0.05, 0.1) is 0 Å². The van der Waals surface area contributed by atoms with Gasteiger partial charge >= 0.3 is 70.2 Å². The van der Waals surface area contributed by atoms with Crippen molar-refractivity contribution in [2.75, 3.05) is 0 Å². The molecule has 1 nitrogen and oxygen atoms in total. The summed E-state index contributed by atoms with van der Waals surface area (Å²) in [6.07, 6.45) is 0.148. The predicted octanol–water partition coefficient (Wildman–Crippen LogP) is 3.13. The van der Waals surface area contributed by atoms with Crippen molar-refractivity contribution in [2.45, 2.75) is 57.2 Å². The first-order valence-electron chi connectivity index (χ1n) is 6.38. The number of fused-ring (bicyclic) bond motifs is 10. The van der Waals surface area contributed by atoms with Gasteiger partial charge in [0.2, 0.25) is 0 Å². The molecule has 5 atom stereocenters. The van der Waals surface area contributed by atoms with Gasteiger partial charge in [-0.05, 0) is 0 Å². The molecule has 10 saturated heterocycles. The Labute approximate surface area is 70.3 Å². The van der Waals surface area contributed by atoms with E-state index in [1.807, 2.05) is 0 Å². The number of hydrogen-bond acceptors (Lipinski definition) is 1. The standard InChI is InChI=1S/C7H9O.C5H5.Os/c1-6(8)7-4-2-3-5-7;1-2-4-5-3-1;/h2-6,8H,1H3;1-5H;. The molecule has 0 aliphatic carbocycles. The van der Waals surface area contributed by atoms with Crippen LogP contribution in [0.1, 0.15) is 6.92 Å². The summed E-state index contributed by atoms with van der Waals surface area (Å²) in [7, 11) is -3.25. The van der Waals surface area contributed by atoms with Crippen molar-refractivity contribution in [1.29, 1.82) is 0 Å². The maximum atomic E-state index is 10.4. The summed E-state index contributed by atoms with van der Waals surface area (Å²) < 4.78 is 13.3. The summed E-state index contributed by atoms with van der Waals surface area (Å²) in [5.74, 6) is 0. The third kappa shape index (κ3) is 0.0351. The van der Waals surface area contributed by atoms with Crippen LogP contribution in [0.3, 0.4) is 0 Å². The third-order valence-electron chi connectivity index (χ3n) is 15.4. The van der Waals surface area contributed by atoms with E-state index in [0.717, 1.165) is 3.97 Å². The third-order valence-corrected chi connectivity index (χ3v) is 114. The zero-order valence-corrected chi connectivity index (χ0v) is 10.6. The fraction of sp³-hybridized carbons (Fsp3) is 1.00. The quantitative estimate of drug-likeness (QED) is 0.758. The van der Waals surface area contributed by atoms with Gasteiger partial charge in [-0.1, -0.05) is 0 Å². The van der Waals surface area contributed by atoms with Gasteiger partial charge in [0.25, 0.3) is 0 Å². The van der Waals surface area contributed by atoms with E-state index < -0.39 is 7.88 Å². The molecule has 10 fully saturated rings. The Kier molecular flexibility index (Phi) is 0.112. The Bertz CT molecular complexity index is 800. The molecule has 10 heterocycles. The molecule has 10 rings (SSSR count). The minimum absolute atomic E-state index is 0.148. The molecule has 0 aromatic rings. The van der Waals surface area contributed by atoms with E-state index in [9.17, 15) is 5.11 Å². The second-order valence-electron chi connectivity index (χ2n) is 10.4. The van der Waals surface area contributed by atoms with Crippen molar-refractivity contribution >= 4 is 0 Å². The molecule has 0 saturated carbocycles. The van der Waals surface area contributed by atoms with Crippen molar-refractivity contribution < 1.29 is 13.0 Å². The van der Waals surface area contributed by atoms with Crippen LogP contribution >= 0.6 is 0 Å². The van der Waals surface area contributed by atoms with Crippen LogP contribution in [0.25, 0.3) is 0 Å². The van der Waals surface area contributed by atoms with Crippen LogP contribution in [0.4, 0.5) is 0 Å². The van der Waals surface area contributed by atoms with E-state index in [1.165, 1.54) is 40.2 Å². The molecule has 1 spiro atoms. The second-order valence-corrected chi connectivity index (χ2v) is 64.7. The molecule has 0 aromatic heterocycles. The molecule has 10 aliphatic rings. The summed E-state index contributed by atoms with van der Waals surface area (Å²) in [6.45, 7) is 2.19. The van der Waals surface area contributed by atoms with E-state index in [2.05, 4.69) is 6.92 Å². The number of hydrogen-bond donors (Lipinski definition) is 1. The van der Waals surface area contributed by atoms with Crippen molar-refractivity contribution in [2.24, 2.45) is 0 Å². The zero-order chi connectivity index (χ0) is 8.59. The van der Waals surface area contributed by atoms with Gasteiger partial charge in [0.15, 0.2) is 0 Å². The first-order valence-corrected chi connectivity index (χ1v) is 20.9. The molecule has 0 bridgehead atoms. The topological polar surface area (TPSA) is 20.2 Å². The summed E-state index contributed by atoms with van der Waals surface area (Å²) >= 11 is 0. The summed E-state index contributed by atoms with van der Waals surface area (Å²) in [6, 6.07) is 0. The van der Waals surface area contributed by atoms with E-state index in [-0.39, 0.29) is 6.10 Å². The summed E-state index contributed by atoms with van der Waals surface area (Å²) in [5.41, 5.74) is 0. The number of aliphatic hydroxyl groups excluding tert-OH is 1. The molecule has 2 heteroatoms. The van der Waals surface area contributed by atoms with Gasteiger partial charge in [-0.25, -0.2) is 0 Å². The molecule has 5 unspecified atom stereocenters. The van der Waals surface area contributed by atoms with Crippen molar-refractivity contribution in [1.82, 2.24) is 0 Å². The van der Waals surface area contributed by atoms with Crippen LogP contribution in [0, 0.1) is 0 Å². The molecule has 10 aliphatic heterocycles. The fourth-order valence-corrected chi connectivity index (χ4v) is 245. The Balaban J connectivity index is 1.94. The van der Waals surface area contributed by atoms with Gasteiger partial charge in [-0.15, -0.1) is 0 Å². The molecule has 14 heavy (non-hydrogen) atoms. The SMILES string of the molecule is CC(O)[C]12[CH]3[CH]4[CH]5[CH]1[Os]45321678[CH]2[CH]1[CH]6[CH]7[CH]28. The predicted molar refractivity (Wildman–Crippen MR) is 48.1 cm³/mol. The second kappa shape index (κ2) is 0.324. The van der Waals surface area contributed by atoms with E-state index in [0.29, 0.717) is 0 Å². The summed E-state index contributed by atoms with van der Waals surface area (Å²) in [4.78, 5) is 0. The number of rotatable bonds is 1. The molecular weight excluding hydrogens is 350 g/mol. The molecule has 1 N–H and O–H groups in total. The molecule has 76 valence electrons. The summed E-state index contributed by atoms with van der Waals surface area (Å²) in [5, 5.41) is 10.4. The van der Waals surface area contributed by atoms with Crippen LogP contribution in [0.5, 0.6) is 0 Å². The Morgan fingerprint density at radius 2 is 1.36 bits per heavy atom. The van der Waals surface area contributed by atoms with Gasteiger partial charge in [0.1, 0.15) is 0 Å².